The van der Waals surface area contributed by atoms with Gasteiger partial charge in [-0.2, -0.15) is 0 Å². The van der Waals surface area contributed by atoms with Gasteiger partial charge in [0, 0.05) is 39.0 Å². The third kappa shape index (κ3) is 3.70. The van der Waals surface area contributed by atoms with Gasteiger partial charge in [0.25, 0.3) is 5.91 Å². The number of nitrogens with zero attached hydrogens (tertiary/aromatic N) is 4. The fourth-order valence-corrected chi connectivity index (χ4v) is 4.20. The molecule has 8 nitrogen and oxygen atoms in total. The second-order valence-electron chi connectivity index (χ2n) is 7.87. The van der Waals surface area contributed by atoms with Gasteiger partial charge in [-0.3, -0.25) is 9.69 Å². The molecule has 8 heteroatoms. The molecule has 1 unspecified atom stereocenters. The lowest BCUT2D eigenvalue weighted by atomic mass is 10.1. The van der Waals surface area contributed by atoms with Gasteiger partial charge in [0.05, 0.1) is 18.9 Å². The maximum Gasteiger partial charge on any atom is 0.287 e. The Labute approximate surface area is 174 Å². The minimum Gasteiger partial charge on any atom is -0.493 e. The van der Waals surface area contributed by atoms with Gasteiger partial charge in [-0.1, -0.05) is 12.1 Å². The summed E-state index contributed by atoms with van der Waals surface area (Å²) in [6.07, 6.45) is 3.32. The van der Waals surface area contributed by atoms with Gasteiger partial charge in [-0.15, -0.1) is 10.2 Å². The highest BCUT2D eigenvalue weighted by Gasteiger charge is 2.24. The molecule has 3 aromatic rings. The fraction of sp³-hybridized carbons (Fsp3) is 0.409. The van der Waals surface area contributed by atoms with Crippen LogP contribution in [0.15, 0.2) is 41.0 Å². The van der Waals surface area contributed by atoms with Crippen molar-refractivity contribution in [3.05, 3.63) is 65.1 Å². The van der Waals surface area contributed by atoms with E-state index in [1.165, 1.54) is 17.4 Å². The molecule has 5 rings (SSSR count). The Morgan fingerprint density at radius 2 is 2.13 bits per heavy atom. The summed E-state index contributed by atoms with van der Waals surface area (Å²) < 4.78 is 12.9. The third-order valence-corrected chi connectivity index (χ3v) is 5.79. The van der Waals surface area contributed by atoms with Crippen molar-refractivity contribution in [2.75, 3.05) is 19.7 Å². The molecule has 0 saturated heterocycles. The van der Waals surface area contributed by atoms with E-state index >= 15 is 0 Å². The Morgan fingerprint density at radius 1 is 1.20 bits per heavy atom. The SMILES string of the molecule is CC(NC(=O)c1ccco1)c1nnc2n1CCN(Cc1ccc3c(c1)CCO3)CC2. The zero-order valence-electron chi connectivity index (χ0n) is 17.0. The van der Waals surface area contributed by atoms with E-state index in [1.54, 1.807) is 12.1 Å². The van der Waals surface area contributed by atoms with Crippen LogP contribution in [0.5, 0.6) is 5.75 Å². The number of amides is 1. The Kier molecular flexibility index (Phi) is 5.00. The predicted octanol–water partition coefficient (Wildman–Crippen LogP) is 2.36. The standard InChI is InChI=1S/C22H25N5O3/c1-15(23-22(28)19-3-2-11-29-19)21-25-24-20-6-8-26(9-10-27(20)21)14-16-4-5-18-17(13-16)7-12-30-18/h2-5,11,13,15H,6-10,12,14H2,1H3,(H,23,28). The summed E-state index contributed by atoms with van der Waals surface area (Å²) in [5.41, 5.74) is 2.62. The summed E-state index contributed by atoms with van der Waals surface area (Å²) in [4.78, 5) is 14.8. The molecular weight excluding hydrogens is 382 g/mol. The number of carbonyl (C=O) groups excluding carboxylic acids is 1. The lowest BCUT2D eigenvalue weighted by Gasteiger charge is -2.20. The molecule has 2 aliphatic rings. The predicted molar refractivity (Wildman–Crippen MR) is 109 cm³/mol. The number of aromatic nitrogens is 3. The van der Waals surface area contributed by atoms with Crippen molar-refractivity contribution in [1.82, 2.24) is 25.0 Å². The number of hydrogen-bond donors (Lipinski definition) is 1. The first-order valence-electron chi connectivity index (χ1n) is 10.4. The van der Waals surface area contributed by atoms with Crippen LogP contribution in [0, 0.1) is 0 Å². The van der Waals surface area contributed by atoms with Crippen molar-refractivity contribution in [3.63, 3.8) is 0 Å². The van der Waals surface area contributed by atoms with E-state index < -0.39 is 0 Å². The summed E-state index contributed by atoms with van der Waals surface area (Å²) >= 11 is 0. The first-order chi connectivity index (χ1) is 14.7. The van der Waals surface area contributed by atoms with E-state index in [2.05, 4.69) is 43.2 Å². The number of hydrogen-bond acceptors (Lipinski definition) is 6. The summed E-state index contributed by atoms with van der Waals surface area (Å²) in [5, 5.41) is 11.7. The number of benzene rings is 1. The van der Waals surface area contributed by atoms with Crippen LogP contribution in [0.2, 0.25) is 0 Å². The van der Waals surface area contributed by atoms with Crippen LogP contribution in [-0.4, -0.2) is 45.3 Å². The minimum absolute atomic E-state index is 0.249. The number of furan rings is 1. The maximum absolute atomic E-state index is 12.3. The van der Waals surface area contributed by atoms with Gasteiger partial charge >= 0.3 is 0 Å². The lowest BCUT2D eigenvalue weighted by molar-refractivity contribution is 0.0909. The highest BCUT2D eigenvalue weighted by atomic mass is 16.5. The van der Waals surface area contributed by atoms with Gasteiger partial charge in [0.1, 0.15) is 11.6 Å². The highest BCUT2D eigenvalue weighted by molar-refractivity contribution is 5.91. The molecule has 0 bridgehead atoms. The molecule has 2 aliphatic heterocycles. The Bertz CT molecular complexity index is 1040. The zero-order chi connectivity index (χ0) is 20.5. The van der Waals surface area contributed by atoms with Crippen LogP contribution in [0.1, 0.15) is 46.3 Å². The average molecular weight is 407 g/mol. The van der Waals surface area contributed by atoms with Crippen molar-refractivity contribution in [1.29, 1.82) is 0 Å². The summed E-state index contributed by atoms with van der Waals surface area (Å²) in [7, 11) is 0. The molecular formula is C22H25N5O3. The summed E-state index contributed by atoms with van der Waals surface area (Å²) in [6.45, 7) is 6.25. The van der Waals surface area contributed by atoms with Gasteiger partial charge in [-0.25, -0.2) is 0 Å². The van der Waals surface area contributed by atoms with E-state index in [0.717, 1.165) is 63.0 Å². The van der Waals surface area contributed by atoms with E-state index in [4.69, 9.17) is 9.15 Å². The van der Waals surface area contributed by atoms with Gasteiger partial charge in [0.15, 0.2) is 11.6 Å². The van der Waals surface area contributed by atoms with Crippen LogP contribution in [-0.2, 0) is 25.9 Å². The highest BCUT2D eigenvalue weighted by Crippen LogP contribution is 2.26. The van der Waals surface area contributed by atoms with E-state index in [-0.39, 0.29) is 11.9 Å². The van der Waals surface area contributed by atoms with Crippen LogP contribution in [0.25, 0.3) is 0 Å². The quantitative estimate of drug-likeness (QED) is 0.699. The Hall–Kier alpha value is -3.13. The summed E-state index contributed by atoms with van der Waals surface area (Å²) in [5.74, 6) is 2.82. The smallest absolute Gasteiger partial charge is 0.287 e. The van der Waals surface area contributed by atoms with Gasteiger partial charge in [0.2, 0.25) is 0 Å². The first kappa shape index (κ1) is 18.9. The maximum atomic E-state index is 12.3. The molecule has 0 radical (unpaired) electrons. The molecule has 2 aromatic heterocycles. The molecule has 0 aliphatic carbocycles. The van der Waals surface area contributed by atoms with E-state index in [9.17, 15) is 4.79 Å². The van der Waals surface area contributed by atoms with E-state index in [0.29, 0.717) is 5.76 Å². The Morgan fingerprint density at radius 3 is 3.00 bits per heavy atom. The van der Waals surface area contributed by atoms with Gasteiger partial charge < -0.3 is 19.0 Å². The molecule has 4 heterocycles. The first-order valence-corrected chi connectivity index (χ1v) is 10.4. The number of carbonyl (C=O) groups is 1. The zero-order valence-corrected chi connectivity index (χ0v) is 17.0. The Balaban J connectivity index is 1.24. The second-order valence-corrected chi connectivity index (χ2v) is 7.87. The van der Waals surface area contributed by atoms with Crippen LogP contribution >= 0.6 is 0 Å². The normalized spacial score (nSPS) is 17.0. The van der Waals surface area contributed by atoms with Crippen LogP contribution in [0.4, 0.5) is 0 Å². The van der Waals surface area contributed by atoms with Crippen molar-refractivity contribution >= 4 is 5.91 Å². The number of ether oxygens (including phenoxy) is 1. The van der Waals surface area contributed by atoms with Crippen molar-refractivity contribution < 1.29 is 13.9 Å². The molecule has 0 spiro atoms. The molecule has 156 valence electrons. The van der Waals surface area contributed by atoms with Crippen molar-refractivity contribution in [2.45, 2.75) is 38.9 Å². The van der Waals surface area contributed by atoms with Gasteiger partial charge in [-0.05, 0) is 36.2 Å². The molecule has 0 saturated carbocycles. The fourth-order valence-electron chi connectivity index (χ4n) is 4.20. The molecule has 0 fully saturated rings. The third-order valence-electron chi connectivity index (χ3n) is 5.79. The average Bonchev–Trinajstić information content (AvgIpc) is 3.48. The molecule has 1 amide bonds. The van der Waals surface area contributed by atoms with Crippen LogP contribution in [0.3, 0.4) is 0 Å². The van der Waals surface area contributed by atoms with Crippen molar-refractivity contribution in [2.24, 2.45) is 0 Å². The number of fused-ring (bicyclic) bond motifs is 2. The summed E-state index contributed by atoms with van der Waals surface area (Å²) in [6, 6.07) is 9.61. The molecule has 1 aromatic carbocycles. The van der Waals surface area contributed by atoms with E-state index in [1.807, 2.05) is 6.92 Å². The van der Waals surface area contributed by atoms with Crippen molar-refractivity contribution in [3.8, 4) is 5.75 Å². The molecule has 1 N–H and O–H groups in total. The topological polar surface area (TPSA) is 85.4 Å². The monoisotopic (exact) mass is 407 g/mol. The minimum atomic E-state index is -0.257. The molecule has 1 atom stereocenters. The van der Waals surface area contributed by atoms with Crippen LogP contribution < -0.4 is 10.1 Å². The number of nitrogens with one attached hydrogen (secondary N) is 1. The second kappa shape index (κ2) is 7.95. The lowest BCUT2D eigenvalue weighted by Crippen LogP contribution is -2.30. The number of rotatable bonds is 5. The largest absolute Gasteiger partial charge is 0.493 e. The molecule has 30 heavy (non-hydrogen) atoms.